The van der Waals surface area contributed by atoms with E-state index < -0.39 is 0 Å². The Hall–Kier alpha value is -0.460. The number of hydrogen-bond acceptors (Lipinski definition) is 1. The summed E-state index contributed by atoms with van der Waals surface area (Å²) in [4.78, 5) is 0. The molecule has 0 heterocycles. The summed E-state index contributed by atoms with van der Waals surface area (Å²) in [6, 6.07) is 0. The first-order valence-electron chi connectivity index (χ1n) is 9.68. The molecule has 1 nitrogen and oxygen atoms in total. The Morgan fingerprint density at radius 2 is 1.48 bits per heavy atom. The molecular weight excluding hydrogens is 256 g/mol. The summed E-state index contributed by atoms with van der Waals surface area (Å²) >= 11 is 0. The summed E-state index contributed by atoms with van der Waals surface area (Å²) in [6.07, 6.45) is 17.9. The standard InChI is InChI=1S/C20H34O/c1-2-3-4-15-5-7-16(8-6-15)17-9-11-18(12-10-17)20(21)19-13-14-19/h15-18,21H,2-14H2,1H3. The predicted octanol–water partition coefficient (Wildman–Crippen LogP) is 6.40. The van der Waals surface area contributed by atoms with Gasteiger partial charge in [0.2, 0.25) is 0 Å². The van der Waals surface area contributed by atoms with Gasteiger partial charge in [-0.25, -0.2) is 0 Å². The van der Waals surface area contributed by atoms with E-state index in [1.54, 1.807) is 0 Å². The van der Waals surface area contributed by atoms with Crippen molar-refractivity contribution in [2.75, 3.05) is 0 Å². The van der Waals surface area contributed by atoms with E-state index in [9.17, 15) is 5.11 Å². The van der Waals surface area contributed by atoms with Gasteiger partial charge in [0, 0.05) is 5.92 Å². The van der Waals surface area contributed by atoms with E-state index in [-0.39, 0.29) is 0 Å². The molecule has 0 bridgehead atoms. The Labute approximate surface area is 131 Å². The molecule has 0 aromatic carbocycles. The Morgan fingerprint density at radius 1 is 0.905 bits per heavy atom. The molecule has 0 amide bonds. The van der Waals surface area contributed by atoms with Gasteiger partial charge in [-0.2, -0.15) is 0 Å². The summed E-state index contributed by atoms with van der Waals surface area (Å²) < 4.78 is 0. The van der Waals surface area contributed by atoms with Crippen molar-refractivity contribution in [1.29, 1.82) is 0 Å². The van der Waals surface area contributed by atoms with Crippen molar-refractivity contribution in [2.24, 2.45) is 23.7 Å². The maximum Gasteiger partial charge on any atom is 0.0945 e. The van der Waals surface area contributed by atoms with Crippen LogP contribution >= 0.6 is 0 Å². The van der Waals surface area contributed by atoms with Gasteiger partial charge in [-0.3, -0.25) is 0 Å². The van der Waals surface area contributed by atoms with Crippen molar-refractivity contribution in [2.45, 2.75) is 90.4 Å². The average Bonchev–Trinajstić information content (AvgIpc) is 3.38. The molecule has 0 radical (unpaired) electrons. The van der Waals surface area contributed by atoms with Crippen molar-refractivity contribution >= 4 is 0 Å². The van der Waals surface area contributed by atoms with Crippen LogP contribution in [0.4, 0.5) is 0 Å². The normalized spacial score (nSPS) is 36.5. The predicted molar refractivity (Wildman–Crippen MR) is 89.3 cm³/mol. The quantitative estimate of drug-likeness (QED) is 0.581. The molecule has 3 aliphatic rings. The minimum Gasteiger partial charge on any atom is -0.512 e. The molecule has 21 heavy (non-hydrogen) atoms. The Balaban J connectivity index is 1.40. The monoisotopic (exact) mass is 290 g/mol. The van der Waals surface area contributed by atoms with Gasteiger partial charge in [0.25, 0.3) is 0 Å². The summed E-state index contributed by atoms with van der Waals surface area (Å²) in [6.45, 7) is 2.32. The second-order valence-electron chi connectivity index (χ2n) is 8.02. The molecule has 120 valence electrons. The van der Waals surface area contributed by atoms with Crippen LogP contribution < -0.4 is 0 Å². The lowest BCUT2D eigenvalue weighted by molar-refractivity contribution is 0.138. The summed E-state index contributed by atoms with van der Waals surface area (Å²) in [5.41, 5.74) is 1.37. The molecule has 3 fully saturated rings. The Kier molecular flexibility index (Phi) is 5.29. The van der Waals surface area contributed by atoms with Gasteiger partial charge in [0.15, 0.2) is 0 Å². The number of aliphatic hydroxyl groups excluding tert-OH is 1. The highest BCUT2D eigenvalue weighted by Crippen LogP contribution is 2.45. The largest absolute Gasteiger partial charge is 0.512 e. The molecule has 0 aromatic rings. The minimum atomic E-state index is 0.527. The molecule has 0 spiro atoms. The highest BCUT2D eigenvalue weighted by Gasteiger charge is 2.33. The first-order chi connectivity index (χ1) is 10.3. The topological polar surface area (TPSA) is 20.2 Å². The van der Waals surface area contributed by atoms with E-state index in [1.807, 2.05) is 0 Å². The molecule has 1 heteroatoms. The molecule has 0 unspecified atom stereocenters. The number of allylic oxidation sites excluding steroid dienone is 2. The maximum absolute atomic E-state index is 10.2. The van der Waals surface area contributed by atoms with Crippen LogP contribution in [-0.4, -0.2) is 5.11 Å². The number of hydrogen-bond donors (Lipinski definition) is 1. The molecule has 0 atom stereocenters. The van der Waals surface area contributed by atoms with Gasteiger partial charge < -0.3 is 5.11 Å². The van der Waals surface area contributed by atoms with E-state index in [1.165, 1.54) is 89.0 Å². The van der Waals surface area contributed by atoms with Crippen LogP contribution in [0.3, 0.4) is 0 Å². The van der Waals surface area contributed by atoms with Crippen molar-refractivity contribution < 1.29 is 5.11 Å². The molecule has 3 saturated carbocycles. The number of unbranched alkanes of at least 4 members (excludes halogenated alkanes) is 1. The van der Waals surface area contributed by atoms with E-state index >= 15 is 0 Å². The SMILES string of the molecule is CCCCC1CCC(C2CCC(C(O)=C3CC3)CC2)CC1. The van der Waals surface area contributed by atoms with Crippen LogP contribution in [0.2, 0.25) is 0 Å². The fraction of sp³-hybridized carbons (Fsp3) is 0.900. The van der Waals surface area contributed by atoms with Crippen molar-refractivity contribution in [3.8, 4) is 0 Å². The zero-order valence-corrected chi connectivity index (χ0v) is 13.9. The molecule has 0 aliphatic heterocycles. The molecule has 3 rings (SSSR count). The summed E-state index contributed by atoms with van der Waals surface area (Å²) in [5.74, 6) is 4.36. The summed E-state index contributed by atoms with van der Waals surface area (Å²) in [5, 5.41) is 10.2. The lowest BCUT2D eigenvalue weighted by Crippen LogP contribution is -2.26. The molecule has 0 aromatic heterocycles. The van der Waals surface area contributed by atoms with Gasteiger partial charge >= 0.3 is 0 Å². The average molecular weight is 290 g/mol. The van der Waals surface area contributed by atoms with Crippen LogP contribution in [0.1, 0.15) is 90.4 Å². The molecule has 1 N–H and O–H groups in total. The number of aliphatic hydroxyl groups is 1. The van der Waals surface area contributed by atoms with Gasteiger partial charge in [0.05, 0.1) is 5.76 Å². The fourth-order valence-electron chi connectivity index (χ4n) is 4.91. The highest BCUT2D eigenvalue weighted by molar-refractivity contribution is 5.22. The van der Waals surface area contributed by atoms with Crippen LogP contribution in [-0.2, 0) is 0 Å². The third kappa shape index (κ3) is 4.05. The van der Waals surface area contributed by atoms with E-state index in [4.69, 9.17) is 0 Å². The van der Waals surface area contributed by atoms with E-state index in [2.05, 4.69) is 6.92 Å². The Bertz CT molecular complexity index is 348. The van der Waals surface area contributed by atoms with Crippen molar-refractivity contribution in [3.05, 3.63) is 11.3 Å². The van der Waals surface area contributed by atoms with Gasteiger partial charge in [-0.15, -0.1) is 0 Å². The van der Waals surface area contributed by atoms with Crippen LogP contribution in [0, 0.1) is 23.7 Å². The first-order valence-corrected chi connectivity index (χ1v) is 9.68. The molecule has 3 aliphatic carbocycles. The third-order valence-corrected chi connectivity index (χ3v) is 6.54. The van der Waals surface area contributed by atoms with Gasteiger partial charge in [-0.1, -0.05) is 39.0 Å². The smallest absolute Gasteiger partial charge is 0.0945 e. The van der Waals surface area contributed by atoms with E-state index in [0.717, 1.165) is 23.5 Å². The lowest BCUT2D eigenvalue weighted by Gasteiger charge is -2.37. The highest BCUT2D eigenvalue weighted by atomic mass is 16.3. The van der Waals surface area contributed by atoms with Gasteiger partial charge in [-0.05, 0) is 74.7 Å². The van der Waals surface area contributed by atoms with Crippen molar-refractivity contribution in [1.82, 2.24) is 0 Å². The Morgan fingerprint density at radius 3 is 2.00 bits per heavy atom. The third-order valence-electron chi connectivity index (χ3n) is 6.54. The lowest BCUT2D eigenvalue weighted by atomic mass is 9.68. The summed E-state index contributed by atoms with van der Waals surface area (Å²) in [7, 11) is 0. The zero-order chi connectivity index (χ0) is 14.7. The fourth-order valence-corrected chi connectivity index (χ4v) is 4.91. The van der Waals surface area contributed by atoms with Crippen LogP contribution in [0.15, 0.2) is 11.3 Å². The first kappa shape index (κ1) is 15.4. The maximum atomic E-state index is 10.2. The van der Waals surface area contributed by atoms with Crippen LogP contribution in [0.5, 0.6) is 0 Å². The minimum absolute atomic E-state index is 0.527. The van der Waals surface area contributed by atoms with E-state index in [0.29, 0.717) is 5.92 Å². The number of rotatable bonds is 5. The van der Waals surface area contributed by atoms with Crippen molar-refractivity contribution in [3.63, 3.8) is 0 Å². The second kappa shape index (κ2) is 7.20. The second-order valence-corrected chi connectivity index (χ2v) is 8.02. The van der Waals surface area contributed by atoms with Crippen LogP contribution in [0.25, 0.3) is 0 Å². The molecular formula is C20H34O. The molecule has 0 saturated heterocycles. The van der Waals surface area contributed by atoms with Gasteiger partial charge in [0.1, 0.15) is 0 Å². The zero-order valence-electron chi connectivity index (χ0n) is 13.9.